The molecule has 0 amide bonds. The highest BCUT2D eigenvalue weighted by Gasteiger charge is 2.13. The number of ether oxygens (including phenoxy) is 3. The number of para-hydroxylation sites is 1. The Labute approximate surface area is 166 Å². The Balaban J connectivity index is 1.74. The number of benzene rings is 2. The summed E-state index contributed by atoms with van der Waals surface area (Å²) in [6.45, 7) is 7.15. The van der Waals surface area contributed by atoms with Crippen LogP contribution in [0.5, 0.6) is 11.5 Å². The maximum absolute atomic E-state index is 12.6. The third kappa shape index (κ3) is 4.93. The highest BCUT2D eigenvalue weighted by atomic mass is 16.5. The van der Waals surface area contributed by atoms with Gasteiger partial charge in [0.15, 0.2) is 17.3 Å². The zero-order valence-corrected chi connectivity index (χ0v) is 16.7. The molecule has 0 N–H and O–H groups in total. The molecule has 0 aromatic heterocycles. The van der Waals surface area contributed by atoms with Gasteiger partial charge in [0.2, 0.25) is 0 Å². The van der Waals surface area contributed by atoms with Crippen LogP contribution >= 0.6 is 0 Å². The van der Waals surface area contributed by atoms with Crippen molar-refractivity contribution in [2.75, 3.05) is 38.3 Å². The van der Waals surface area contributed by atoms with Crippen LogP contribution in [0.1, 0.15) is 29.8 Å². The number of carbonyl (C=O) groups excluding carboxylic acids is 1. The van der Waals surface area contributed by atoms with E-state index in [2.05, 4.69) is 4.90 Å². The monoisotopic (exact) mass is 381 g/mol. The molecule has 1 saturated heterocycles. The van der Waals surface area contributed by atoms with Crippen LogP contribution in [0.2, 0.25) is 0 Å². The molecule has 2 aromatic carbocycles. The van der Waals surface area contributed by atoms with E-state index in [1.165, 1.54) is 0 Å². The smallest absolute Gasteiger partial charge is 0.185 e. The molecular formula is C23H27NO4. The Morgan fingerprint density at radius 3 is 2.46 bits per heavy atom. The summed E-state index contributed by atoms with van der Waals surface area (Å²) in [5.41, 5.74) is 2.58. The number of anilines is 1. The van der Waals surface area contributed by atoms with E-state index in [1.807, 2.05) is 56.3 Å². The summed E-state index contributed by atoms with van der Waals surface area (Å²) in [5, 5.41) is 0. The molecule has 0 aliphatic carbocycles. The van der Waals surface area contributed by atoms with E-state index in [0.717, 1.165) is 37.6 Å². The van der Waals surface area contributed by atoms with Crippen LogP contribution in [0.3, 0.4) is 0 Å². The minimum atomic E-state index is -0.0492. The molecular weight excluding hydrogens is 354 g/mol. The molecule has 0 atom stereocenters. The SMILES string of the molecule is COc1cccc(C=CC(=O)c2ccc(N3CCOCC3)cc2)c1OC(C)C. The van der Waals surface area contributed by atoms with E-state index >= 15 is 0 Å². The zero-order valence-electron chi connectivity index (χ0n) is 16.7. The summed E-state index contributed by atoms with van der Waals surface area (Å²) in [6, 6.07) is 13.4. The average Bonchev–Trinajstić information content (AvgIpc) is 2.73. The summed E-state index contributed by atoms with van der Waals surface area (Å²) in [7, 11) is 1.61. The van der Waals surface area contributed by atoms with Gasteiger partial charge in [-0.25, -0.2) is 0 Å². The van der Waals surface area contributed by atoms with E-state index < -0.39 is 0 Å². The van der Waals surface area contributed by atoms with Gasteiger partial charge in [0.05, 0.1) is 26.4 Å². The van der Waals surface area contributed by atoms with Gasteiger partial charge in [-0.2, -0.15) is 0 Å². The third-order valence-electron chi connectivity index (χ3n) is 4.53. The summed E-state index contributed by atoms with van der Waals surface area (Å²) in [5.74, 6) is 1.25. The molecule has 1 fully saturated rings. The van der Waals surface area contributed by atoms with Crippen LogP contribution in [0.4, 0.5) is 5.69 Å². The van der Waals surface area contributed by atoms with Crippen molar-refractivity contribution in [2.45, 2.75) is 20.0 Å². The molecule has 1 heterocycles. The van der Waals surface area contributed by atoms with Gasteiger partial charge in [0, 0.05) is 29.9 Å². The van der Waals surface area contributed by atoms with Crippen molar-refractivity contribution in [3.05, 3.63) is 59.7 Å². The summed E-state index contributed by atoms with van der Waals surface area (Å²) in [6.07, 6.45) is 3.36. The lowest BCUT2D eigenvalue weighted by molar-refractivity contribution is 0.104. The Hall–Kier alpha value is -2.79. The molecule has 1 aliphatic heterocycles. The first kappa shape index (κ1) is 20.0. The Morgan fingerprint density at radius 1 is 1.11 bits per heavy atom. The molecule has 5 heteroatoms. The fraction of sp³-hybridized carbons (Fsp3) is 0.348. The average molecular weight is 381 g/mol. The number of ketones is 1. The molecule has 1 aliphatic rings. The van der Waals surface area contributed by atoms with Crippen molar-refractivity contribution in [2.24, 2.45) is 0 Å². The second-order valence-electron chi connectivity index (χ2n) is 6.89. The molecule has 28 heavy (non-hydrogen) atoms. The number of methoxy groups -OCH3 is 1. The third-order valence-corrected chi connectivity index (χ3v) is 4.53. The van der Waals surface area contributed by atoms with Crippen LogP contribution in [0.15, 0.2) is 48.5 Å². The van der Waals surface area contributed by atoms with Gasteiger partial charge >= 0.3 is 0 Å². The molecule has 3 rings (SSSR count). The fourth-order valence-corrected chi connectivity index (χ4v) is 3.11. The van der Waals surface area contributed by atoms with E-state index in [9.17, 15) is 4.79 Å². The first-order valence-corrected chi connectivity index (χ1v) is 9.57. The number of rotatable bonds is 7. The molecule has 0 saturated carbocycles. The predicted molar refractivity (Wildman–Crippen MR) is 112 cm³/mol. The van der Waals surface area contributed by atoms with Gasteiger partial charge in [0.25, 0.3) is 0 Å². The van der Waals surface area contributed by atoms with Gasteiger partial charge in [-0.1, -0.05) is 12.1 Å². The first-order chi connectivity index (χ1) is 13.6. The number of nitrogens with zero attached hydrogens (tertiary/aromatic N) is 1. The molecule has 0 spiro atoms. The molecule has 2 aromatic rings. The van der Waals surface area contributed by atoms with Crippen molar-refractivity contribution >= 4 is 17.5 Å². The van der Waals surface area contributed by atoms with Gasteiger partial charge in [-0.05, 0) is 56.3 Å². The maximum atomic E-state index is 12.6. The van der Waals surface area contributed by atoms with Crippen molar-refractivity contribution in [1.82, 2.24) is 0 Å². The predicted octanol–water partition coefficient (Wildman–Crippen LogP) is 4.22. The van der Waals surface area contributed by atoms with Crippen LogP contribution in [-0.4, -0.2) is 45.3 Å². The van der Waals surface area contributed by atoms with Crippen LogP contribution in [0.25, 0.3) is 6.08 Å². The number of hydrogen-bond donors (Lipinski definition) is 0. The van der Waals surface area contributed by atoms with Gasteiger partial charge in [-0.15, -0.1) is 0 Å². The summed E-state index contributed by atoms with van der Waals surface area (Å²) >= 11 is 0. The lowest BCUT2D eigenvalue weighted by Crippen LogP contribution is -2.36. The van der Waals surface area contributed by atoms with E-state index in [-0.39, 0.29) is 11.9 Å². The van der Waals surface area contributed by atoms with Gasteiger partial charge in [0.1, 0.15) is 0 Å². The van der Waals surface area contributed by atoms with Crippen molar-refractivity contribution in [3.63, 3.8) is 0 Å². The van der Waals surface area contributed by atoms with Crippen LogP contribution < -0.4 is 14.4 Å². The molecule has 0 bridgehead atoms. The lowest BCUT2D eigenvalue weighted by Gasteiger charge is -2.28. The van der Waals surface area contributed by atoms with E-state index in [1.54, 1.807) is 19.3 Å². The largest absolute Gasteiger partial charge is 0.493 e. The van der Waals surface area contributed by atoms with Crippen molar-refractivity contribution < 1.29 is 19.0 Å². The Bertz CT molecular complexity index is 821. The van der Waals surface area contributed by atoms with Crippen molar-refractivity contribution in [3.8, 4) is 11.5 Å². The highest BCUT2D eigenvalue weighted by molar-refractivity contribution is 6.07. The number of hydrogen-bond acceptors (Lipinski definition) is 5. The Kier molecular flexibility index (Phi) is 6.71. The molecule has 0 unspecified atom stereocenters. The number of morpholine rings is 1. The minimum Gasteiger partial charge on any atom is -0.493 e. The van der Waals surface area contributed by atoms with Gasteiger partial charge in [-0.3, -0.25) is 4.79 Å². The number of carbonyl (C=O) groups is 1. The topological polar surface area (TPSA) is 48.0 Å². The number of allylic oxidation sites excluding steroid dienone is 1. The van der Waals surface area contributed by atoms with Crippen LogP contribution in [0, 0.1) is 0 Å². The highest BCUT2D eigenvalue weighted by Crippen LogP contribution is 2.33. The first-order valence-electron chi connectivity index (χ1n) is 9.57. The zero-order chi connectivity index (χ0) is 19.9. The summed E-state index contributed by atoms with van der Waals surface area (Å²) < 4.78 is 16.7. The molecule has 0 radical (unpaired) electrons. The van der Waals surface area contributed by atoms with Crippen molar-refractivity contribution in [1.29, 1.82) is 0 Å². The standard InChI is InChI=1S/C23H27NO4/c1-17(2)28-23-19(5-4-6-22(23)26-3)9-12-21(25)18-7-10-20(11-8-18)24-13-15-27-16-14-24/h4-12,17H,13-16H2,1-3H3. The maximum Gasteiger partial charge on any atom is 0.185 e. The molecule has 5 nitrogen and oxygen atoms in total. The second kappa shape index (κ2) is 9.42. The quantitative estimate of drug-likeness (QED) is 0.531. The van der Waals surface area contributed by atoms with E-state index in [4.69, 9.17) is 14.2 Å². The molecule has 148 valence electrons. The van der Waals surface area contributed by atoms with Gasteiger partial charge < -0.3 is 19.1 Å². The normalized spacial score (nSPS) is 14.5. The Morgan fingerprint density at radius 2 is 1.82 bits per heavy atom. The minimum absolute atomic E-state index is 0.00637. The lowest BCUT2D eigenvalue weighted by atomic mass is 10.1. The summed E-state index contributed by atoms with van der Waals surface area (Å²) in [4.78, 5) is 14.9. The second-order valence-corrected chi connectivity index (χ2v) is 6.89. The van der Waals surface area contributed by atoms with E-state index in [0.29, 0.717) is 17.1 Å². The fourth-order valence-electron chi connectivity index (χ4n) is 3.11. The van der Waals surface area contributed by atoms with Crippen LogP contribution in [-0.2, 0) is 4.74 Å².